The van der Waals surface area contributed by atoms with E-state index >= 15 is 0 Å². The molecule has 0 unspecified atom stereocenters. The molecule has 2 heterocycles. The normalized spacial score (nSPS) is 11.2. The molecule has 0 saturated heterocycles. The summed E-state index contributed by atoms with van der Waals surface area (Å²) in [5.41, 5.74) is 2.96. The fourth-order valence-electron chi connectivity index (χ4n) is 2.65. The number of pyridine rings is 1. The zero-order chi connectivity index (χ0) is 17.9. The number of nitro groups is 1. The molecular weight excluding hydrogens is 330 g/mol. The van der Waals surface area contributed by atoms with Crippen molar-refractivity contribution >= 4 is 28.7 Å². The lowest BCUT2D eigenvalue weighted by Gasteiger charge is -2.01. The average molecular weight is 343 g/mol. The van der Waals surface area contributed by atoms with Crippen molar-refractivity contribution in [3.05, 3.63) is 88.6 Å². The minimum Gasteiger partial charge on any atom is -0.258 e. The summed E-state index contributed by atoms with van der Waals surface area (Å²) in [4.78, 5) is 19.1. The lowest BCUT2D eigenvalue weighted by atomic mass is 10.1. The minimum atomic E-state index is -0.411. The molecule has 0 N–H and O–H groups in total. The zero-order valence-corrected chi connectivity index (χ0v) is 13.6. The second kappa shape index (κ2) is 6.56. The molecule has 0 spiro atoms. The van der Waals surface area contributed by atoms with E-state index < -0.39 is 4.92 Å². The van der Waals surface area contributed by atoms with Gasteiger partial charge in [-0.25, -0.2) is 14.6 Å². The van der Waals surface area contributed by atoms with Gasteiger partial charge in [0, 0.05) is 11.5 Å². The van der Waals surface area contributed by atoms with Gasteiger partial charge in [0.25, 0.3) is 5.69 Å². The predicted molar refractivity (Wildman–Crippen MR) is 98.7 cm³/mol. The maximum Gasteiger partial charge on any atom is 0.295 e. The number of fused-ring (bicyclic) bond motifs is 1. The molecule has 0 amide bonds. The Balaban J connectivity index is 1.62. The molecular formula is C19H13N5O2. The number of nitrogens with zero attached hydrogens (tertiary/aromatic N) is 5. The highest BCUT2D eigenvalue weighted by atomic mass is 16.6. The van der Waals surface area contributed by atoms with Crippen LogP contribution in [-0.4, -0.2) is 24.7 Å². The van der Waals surface area contributed by atoms with Crippen molar-refractivity contribution < 1.29 is 4.92 Å². The largest absolute Gasteiger partial charge is 0.295 e. The smallest absolute Gasteiger partial charge is 0.258 e. The van der Waals surface area contributed by atoms with E-state index in [4.69, 9.17) is 0 Å². The Morgan fingerprint density at radius 3 is 2.58 bits per heavy atom. The molecule has 0 radical (unpaired) electrons. The second-order valence-corrected chi connectivity index (χ2v) is 5.61. The number of benzene rings is 2. The van der Waals surface area contributed by atoms with E-state index in [9.17, 15) is 10.1 Å². The van der Waals surface area contributed by atoms with Crippen molar-refractivity contribution in [3.8, 4) is 5.69 Å². The Morgan fingerprint density at radius 1 is 1.00 bits per heavy atom. The van der Waals surface area contributed by atoms with E-state index in [2.05, 4.69) is 15.1 Å². The standard InChI is InChI=1S/C19H13N5O2/c25-24(26)18-3-1-2-15-7-9-16(22-19(15)18)8-4-14-5-10-17(11-6-14)23-13-20-12-21-23/h1-13H. The summed E-state index contributed by atoms with van der Waals surface area (Å²) < 4.78 is 1.68. The third-order valence-corrected chi connectivity index (χ3v) is 3.94. The molecule has 126 valence electrons. The fourth-order valence-corrected chi connectivity index (χ4v) is 2.65. The number of hydrogen-bond donors (Lipinski definition) is 0. The summed E-state index contributed by atoms with van der Waals surface area (Å²) in [5.74, 6) is 0. The summed E-state index contributed by atoms with van der Waals surface area (Å²) in [6.45, 7) is 0. The van der Waals surface area contributed by atoms with Crippen molar-refractivity contribution in [1.82, 2.24) is 19.7 Å². The highest BCUT2D eigenvalue weighted by molar-refractivity contribution is 5.88. The number of hydrogen-bond acceptors (Lipinski definition) is 5. The van der Waals surface area contributed by atoms with Gasteiger partial charge >= 0.3 is 0 Å². The Bertz CT molecular complexity index is 1100. The minimum absolute atomic E-state index is 0.00920. The fraction of sp³-hybridized carbons (Fsp3) is 0. The van der Waals surface area contributed by atoms with E-state index in [-0.39, 0.29) is 5.69 Å². The topological polar surface area (TPSA) is 86.7 Å². The maximum absolute atomic E-state index is 11.2. The van der Waals surface area contributed by atoms with Crippen LogP contribution in [0.15, 0.2) is 67.3 Å². The lowest BCUT2D eigenvalue weighted by Crippen LogP contribution is -1.93. The van der Waals surface area contributed by atoms with Gasteiger partial charge in [0.1, 0.15) is 18.2 Å². The molecule has 4 rings (SSSR count). The van der Waals surface area contributed by atoms with Crippen LogP contribution >= 0.6 is 0 Å². The summed E-state index contributed by atoms with van der Waals surface area (Å²) in [6, 6.07) is 16.4. The molecule has 0 aliphatic carbocycles. The molecule has 2 aromatic heterocycles. The van der Waals surface area contributed by atoms with Crippen LogP contribution in [0.3, 0.4) is 0 Å². The second-order valence-electron chi connectivity index (χ2n) is 5.61. The highest BCUT2D eigenvalue weighted by Gasteiger charge is 2.12. The number of nitro benzene ring substituents is 1. The molecule has 0 aliphatic heterocycles. The maximum atomic E-state index is 11.2. The molecule has 0 atom stereocenters. The molecule has 0 saturated carbocycles. The van der Waals surface area contributed by atoms with Crippen molar-refractivity contribution in [2.75, 3.05) is 0 Å². The number of aromatic nitrogens is 4. The van der Waals surface area contributed by atoms with E-state index in [0.29, 0.717) is 11.2 Å². The molecule has 0 bridgehead atoms. The van der Waals surface area contributed by atoms with Crippen LogP contribution in [-0.2, 0) is 0 Å². The number of para-hydroxylation sites is 1. The molecule has 2 aromatic carbocycles. The van der Waals surface area contributed by atoms with Gasteiger partial charge in [0.2, 0.25) is 0 Å². The molecule has 0 fully saturated rings. The van der Waals surface area contributed by atoms with Gasteiger partial charge in [-0.2, -0.15) is 5.10 Å². The van der Waals surface area contributed by atoms with Crippen molar-refractivity contribution in [3.63, 3.8) is 0 Å². The van der Waals surface area contributed by atoms with E-state index in [1.807, 2.05) is 54.6 Å². The van der Waals surface area contributed by atoms with Gasteiger partial charge < -0.3 is 0 Å². The predicted octanol–water partition coefficient (Wildman–Crippen LogP) is 3.89. The van der Waals surface area contributed by atoms with E-state index in [0.717, 1.165) is 16.6 Å². The molecule has 4 aromatic rings. The van der Waals surface area contributed by atoms with Gasteiger partial charge in [0.05, 0.1) is 16.3 Å². The van der Waals surface area contributed by atoms with Crippen LogP contribution in [0.2, 0.25) is 0 Å². The van der Waals surface area contributed by atoms with Crippen LogP contribution in [0.1, 0.15) is 11.3 Å². The van der Waals surface area contributed by atoms with Gasteiger partial charge in [-0.1, -0.05) is 36.4 Å². The average Bonchev–Trinajstić information content (AvgIpc) is 3.21. The van der Waals surface area contributed by atoms with Gasteiger partial charge in [-0.15, -0.1) is 0 Å². The van der Waals surface area contributed by atoms with Crippen LogP contribution in [0.5, 0.6) is 0 Å². The number of rotatable bonds is 4. The van der Waals surface area contributed by atoms with Gasteiger partial charge in [0.15, 0.2) is 0 Å². The van der Waals surface area contributed by atoms with Crippen LogP contribution < -0.4 is 0 Å². The van der Waals surface area contributed by atoms with Gasteiger partial charge in [-0.05, 0) is 29.8 Å². The molecule has 26 heavy (non-hydrogen) atoms. The van der Waals surface area contributed by atoms with E-state index in [1.165, 1.54) is 12.4 Å². The lowest BCUT2D eigenvalue weighted by molar-refractivity contribution is -0.383. The first-order valence-electron chi connectivity index (χ1n) is 7.88. The number of non-ortho nitro benzene ring substituents is 1. The summed E-state index contributed by atoms with van der Waals surface area (Å²) >= 11 is 0. The first-order valence-corrected chi connectivity index (χ1v) is 7.88. The quantitative estimate of drug-likeness (QED) is 0.414. The van der Waals surface area contributed by atoms with Crippen molar-refractivity contribution in [2.45, 2.75) is 0 Å². The van der Waals surface area contributed by atoms with Crippen molar-refractivity contribution in [1.29, 1.82) is 0 Å². The highest BCUT2D eigenvalue weighted by Crippen LogP contribution is 2.24. The van der Waals surface area contributed by atoms with Crippen LogP contribution in [0, 0.1) is 10.1 Å². The molecule has 0 aliphatic rings. The Hall–Kier alpha value is -3.87. The monoisotopic (exact) mass is 343 g/mol. The summed E-state index contributed by atoms with van der Waals surface area (Å²) in [5, 5.41) is 16.0. The van der Waals surface area contributed by atoms with E-state index in [1.54, 1.807) is 17.1 Å². The third kappa shape index (κ3) is 3.05. The Labute approximate surface area is 148 Å². The molecule has 7 nitrogen and oxygen atoms in total. The Kier molecular flexibility index (Phi) is 3.95. The van der Waals surface area contributed by atoms with Crippen molar-refractivity contribution in [2.24, 2.45) is 0 Å². The summed E-state index contributed by atoms with van der Waals surface area (Å²) in [6.07, 6.45) is 6.86. The van der Waals surface area contributed by atoms with Crippen LogP contribution in [0.4, 0.5) is 5.69 Å². The summed E-state index contributed by atoms with van der Waals surface area (Å²) in [7, 11) is 0. The first kappa shape index (κ1) is 15.6. The zero-order valence-electron chi connectivity index (χ0n) is 13.6. The van der Waals surface area contributed by atoms with Gasteiger partial charge in [-0.3, -0.25) is 10.1 Å². The SMILES string of the molecule is O=[N+]([O-])c1cccc2ccc(C=Cc3ccc(-n4cncn4)cc3)nc12. The third-order valence-electron chi connectivity index (χ3n) is 3.94. The molecule has 7 heteroatoms. The Morgan fingerprint density at radius 2 is 1.85 bits per heavy atom. The first-order chi connectivity index (χ1) is 12.7. The van der Waals surface area contributed by atoms with Crippen LogP contribution in [0.25, 0.3) is 28.7 Å².